The fourth-order valence-electron chi connectivity index (χ4n) is 2.34. The largest absolute Gasteiger partial charge is 0.394 e. The number of hydrogen-bond donors (Lipinski definition) is 3. The van der Waals surface area contributed by atoms with Gasteiger partial charge < -0.3 is 15.7 Å². The minimum Gasteiger partial charge on any atom is -0.394 e. The lowest BCUT2D eigenvalue weighted by Gasteiger charge is -2.28. The van der Waals surface area contributed by atoms with E-state index < -0.39 is 0 Å². The Labute approximate surface area is 102 Å². The summed E-state index contributed by atoms with van der Waals surface area (Å²) in [5.41, 5.74) is -0.195. The van der Waals surface area contributed by atoms with Crippen LogP contribution in [0.4, 0.5) is 11.6 Å². The van der Waals surface area contributed by atoms with E-state index in [1.165, 1.54) is 0 Å². The van der Waals surface area contributed by atoms with E-state index in [0.29, 0.717) is 0 Å². The van der Waals surface area contributed by atoms with E-state index in [1.54, 1.807) is 12.4 Å². The minimum atomic E-state index is -0.195. The van der Waals surface area contributed by atoms with Crippen molar-refractivity contribution in [3.05, 3.63) is 12.4 Å². The van der Waals surface area contributed by atoms with Gasteiger partial charge in [0.05, 0.1) is 24.5 Å². The zero-order chi connectivity index (χ0) is 12.1. The van der Waals surface area contributed by atoms with Crippen LogP contribution in [-0.2, 0) is 0 Å². The maximum atomic E-state index is 9.52. The first-order valence-corrected chi connectivity index (χ1v) is 6.23. The van der Waals surface area contributed by atoms with Crippen LogP contribution in [0, 0.1) is 0 Å². The summed E-state index contributed by atoms with van der Waals surface area (Å²) < 4.78 is 0. The maximum absolute atomic E-state index is 9.52. The third-order valence-corrected chi connectivity index (χ3v) is 3.25. The van der Waals surface area contributed by atoms with Crippen LogP contribution in [0.25, 0.3) is 0 Å². The van der Waals surface area contributed by atoms with E-state index in [1.807, 2.05) is 6.92 Å². The van der Waals surface area contributed by atoms with Crippen molar-refractivity contribution >= 4 is 11.6 Å². The molecule has 0 saturated heterocycles. The topological polar surface area (TPSA) is 70.1 Å². The number of anilines is 2. The van der Waals surface area contributed by atoms with Crippen molar-refractivity contribution in [2.24, 2.45) is 0 Å². The molecule has 0 bridgehead atoms. The van der Waals surface area contributed by atoms with Gasteiger partial charge in [0.15, 0.2) is 0 Å². The van der Waals surface area contributed by atoms with Gasteiger partial charge in [-0.15, -0.1) is 0 Å². The number of aliphatic hydroxyl groups excluding tert-OH is 1. The molecule has 0 aromatic carbocycles. The van der Waals surface area contributed by atoms with Gasteiger partial charge in [-0.2, -0.15) is 0 Å². The van der Waals surface area contributed by atoms with Crippen LogP contribution in [0.15, 0.2) is 12.4 Å². The van der Waals surface area contributed by atoms with E-state index >= 15 is 0 Å². The zero-order valence-electron chi connectivity index (χ0n) is 10.2. The number of nitrogens with zero attached hydrogens (tertiary/aromatic N) is 2. The number of rotatable bonds is 5. The molecule has 1 aromatic heterocycles. The molecule has 1 aliphatic rings. The van der Waals surface area contributed by atoms with Crippen molar-refractivity contribution in [1.82, 2.24) is 9.97 Å². The summed E-state index contributed by atoms with van der Waals surface area (Å²) in [5, 5.41) is 16.0. The molecule has 1 saturated carbocycles. The second kappa shape index (κ2) is 5.31. The average Bonchev–Trinajstić information content (AvgIpc) is 2.79. The molecule has 0 atom stereocenters. The van der Waals surface area contributed by atoms with Crippen molar-refractivity contribution in [3.63, 3.8) is 0 Å². The number of aromatic nitrogens is 2. The molecule has 0 amide bonds. The molecule has 1 aliphatic carbocycles. The standard InChI is InChI=1S/C12H20N4O/c1-2-14-10-7-13-8-11(15-10)16-12(9-17)5-3-4-6-12/h7-8,17H,2-6,9H2,1H3,(H2,14,15,16). The van der Waals surface area contributed by atoms with Crippen LogP contribution in [0.1, 0.15) is 32.6 Å². The lowest BCUT2D eigenvalue weighted by molar-refractivity contribution is 0.214. The predicted molar refractivity (Wildman–Crippen MR) is 68.1 cm³/mol. The molecule has 0 radical (unpaired) electrons. The Morgan fingerprint density at radius 3 is 2.65 bits per heavy atom. The van der Waals surface area contributed by atoms with Crippen molar-refractivity contribution < 1.29 is 5.11 Å². The van der Waals surface area contributed by atoms with Gasteiger partial charge in [0, 0.05) is 6.54 Å². The van der Waals surface area contributed by atoms with Crippen molar-refractivity contribution in [2.45, 2.75) is 38.1 Å². The number of nitrogens with one attached hydrogen (secondary N) is 2. The normalized spacial score (nSPS) is 18.0. The van der Waals surface area contributed by atoms with E-state index in [4.69, 9.17) is 0 Å². The molecule has 94 valence electrons. The fourth-order valence-corrected chi connectivity index (χ4v) is 2.34. The second-order valence-electron chi connectivity index (χ2n) is 4.59. The maximum Gasteiger partial charge on any atom is 0.147 e. The Kier molecular flexibility index (Phi) is 3.78. The summed E-state index contributed by atoms with van der Waals surface area (Å²) in [6, 6.07) is 0. The summed E-state index contributed by atoms with van der Waals surface area (Å²) in [4.78, 5) is 8.56. The Bertz CT molecular complexity index is 363. The highest BCUT2D eigenvalue weighted by Crippen LogP contribution is 2.32. The van der Waals surface area contributed by atoms with Crippen LogP contribution >= 0.6 is 0 Å². The SMILES string of the molecule is CCNc1cncc(NC2(CO)CCCC2)n1. The average molecular weight is 236 g/mol. The van der Waals surface area contributed by atoms with Gasteiger partial charge in [-0.05, 0) is 19.8 Å². The Morgan fingerprint density at radius 2 is 2.00 bits per heavy atom. The molecule has 0 spiro atoms. The van der Waals surface area contributed by atoms with Gasteiger partial charge in [0.25, 0.3) is 0 Å². The highest BCUT2D eigenvalue weighted by molar-refractivity contribution is 5.43. The lowest BCUT2D eigenvalue weighted by atomic mass is 9.99. The lowest BCUT2D eigenvalue weighted by Crippen LogP contribution is -2.39. The van der Waals surface area contributed by atoms with E-state index in [-0.39, 0.29) is 12.1 Å². The van der Waals surface area contributed by atoms with E-state index in [0.717, 1.165) is 43.9 Å². The molecule has 0 aliphatic heterocycles. The molecule has 0 unspecified atom stereocenters. The number of hydrogen-bond acceptors (Lipinski definition) is 5. The molecule has 5 nitrogen and oxygen atoms in total. The van der Waals surface area contributed by atoms with Crippen LogP contribution in [0.2, 0.25) is 0 Å². The highest BCUT2D eigenvalue weighted by atomic mass is 16.3. The van der Waals surface area contributed by atoms with Crippen molar-refractivity contribution in [2.75, 3.05) is 23.8 Å². The summed E-state index contributed by atoms with van der Waals surface area (Å²) in [5.74, 6) is 1.50. The zero-order valence-corrected chi connectivity index (χ0v) is 10.2. The predicted octanol–water partition coefficient (Wildman–Crippen LogP) is 1.63. The van der Waals surface area contributed by atoms with Gasteiger partial charge in [-0.25, -0.2) is 4.98 Å². The van der Waals surface area contributed by atoms with Crippen LogP contribution in [-0.4, -0.2) is 33.8 Å². The molecular weight excluding hydrogens is 216 g/mol. The third kappa shape index (κ3) is 2.85. The molecular formula is C12H20N4O. The summed E-state index contributed by atoms with van der Waals surface area (Å²) in [6.45, 7) is 3.00. The quantitative estimate of drug-likeness (QED) is 0.725. The molecule has 2 rings (SSSR count). The molecule has 17 heavy (non-hydrogen) atoms. The van der Waals surface area contributed by atoms with Gasteiger partial charge >= 0.3 is 0 Å². The second-order valence-corrected chi connectivity index (χ2v) is 4.59. The van der Waals surface area contributed by atoms with Gasteiger partial charge in [0.2, 0.25) is 0 Å². The summed E-state index contributed by atoms with van der Waals surface area (Å²) >= 11 is 0. The minimum absolute atomic E-state index is 0.153. The first kappa shape index (κ1) is 12.1. The van der Waals surface area contributed by atoms with Gasteiger partial charge in [-0.3, -0.25) is 4.98 Å². The molecule has 1 fully saturated rings. The van der Waals surface area contributed by atoms with Crippen LogP contribution in [0.3, 0.4) is 0 Å². The molecule has 1 heterocycles. The monoisotopic (exact) mass is 236 g/mol. The smallest absolute Gasteiger partial charge is 0.147 e. The van der Waals surface area contributed by atoms with Gasteiger partial charge in [-0.1, -0.05) is 12.8 Å². The number of aliphatic hydroxyl groups is 1. The Hall–Kier alpha value is -1.36. The Balaban J connectivity index is 2.09. The Morgan fingerprint density at radius 1 is 1.29 bits per heavy atom. The van der Waals surface area contributed by atoms with Crippen molar-refractivity contribution in [3.8, 4) is 0 Å². The fraction of sp³-hybridized carbons (Fsp3) is 0.667. The third-order valence-electron chi connectivity index (χ3n) is 3.25. The first-order valence-electron chi connectivity index (χ1n) is 6.23. The van der Waals surface area contributed by atoms with Crippen LogP contribution in [0.5, 0.6) is 0 Å². The first-order chi connectivity index (χ1) is 8.28. The van der Waals surface area contributed by atoms with Crippen LogP contribution < -0.4 is 10.6 Å². The molecule has 1 aromatic rings. The summed E-state index contributed by atoms with van der Waals surface area (Å²) in [6.07, 6.45) is 7.72. The van der Waals surface area contributed by atoms with Crippen molar-refractivity contribution in [1.29, 1.82) is 0 Å². The summed E-state index contributed by atoms with van der Waals surface area (Å²) in [7, 11) is 0. The van der Waals surface area contributed by atoms with E-state index in [2.05, 4.69) is 20.6 Å². The molecule has 5 heteroatoms. The van der Waals surface area contributed by atoms with Gasteiger partial charge in [0.1, 0.15) is 11.6 Å². The highest BCUT2D eigenvalue weighted by Gasteiger charge is 2.33. The molecule has 3 N–H and O–H groups in total. The van der Waals surface area contributed by atoms with E-state index in [9.17, 15) is 5.11 Å².